The Morgan fingerprint density at radius 2 is 1.90 bits per heavy atom. The summed E-state index contributed by atoms with van der Waals surface area (Å²) in [6.45, 7) is 6.42. The van der Waals surface area contributed by atoms with E-state index in [9.17, 15) is 0 Å². The van der Waals surface area contributed by atoms with Crippen LogP contribution in [0, 0.1) is 11.8 Å². The molecule has 0 amide bonds. The smallest absolute Gasteiger partial charge is 0.199 e. The fraction of sp³-hybridized carbons (Fsp3) is 0.647. The van der Waals surface area contributed by atoms with E-state index in [0.29, 0.717) is 17.7 Å². The van der Waals surface area contributed by atoms with Gasteiger partial charge in [0.1, 0.15) is 11.5 Å². The zero-order valence-corrected chi connectivity index (χ0v) is 14.4. The number of methoxy groups -OCH3 is 2. The van der Waals surface area contributed by atoms with Crippen LogP contribution in [-0.4, -0.2) is 26.4 Å². The average Bonchev–Trinajstić information content (AvgIpc) is 2.50. The summed E-state index contributed by atoms with van der Waals surface area (Å²) >= 11 is 6.09. The molecule has 1 aromatic rings. The predicted molar refractivity (Wildman–Crippen MR) is 87.5 cm³/mol. The van der Waals surface area contributed by atoms with Gasteiger partial charge in [-0.15, -0.1) is 11.6 Å². The molecule has 0 bridgehead atoms. The number of hydrogen-bond acceptors (Lipinski definition) is 3. The summed E-state index contributed by atoms with van der Waals surface area (Å²) < 4.78 is 16.6. The molecule has 4 heteroatoms. The van der Waals surface area contributed by atoms with Crippen LogP contribution in [0.25, 0.3) is 0 Å². The van der Waals surface area contributed by atoms with Gasteiger partial charge in [-0.25, -0.2) is 0 Å². The van der Waals surface area contributed by atoms with Crippen LogP contribution in [0.2, 0.25) is 0 Å². The van der Waals surface area contributed by atoms with Gasteiger partial charge in [0.15, 0.2) is 6.29 Å². The number of hydrogen-bond donors (Lipinski definition) is 0. The van der Waals surface area contributed by atoms with E-state index < -0.39 is 0 Å². The molecular weight excluding hydrogens is 288 g/mol. The van der Waals surface area contributed by atoms with Crippen LogP contribution in [0.4, 0.5) is 0 Å². The van der Waals surface area contributed by atoms with E-state index in [-0.39, 0.29) is 6.29 Å². The summed E-state index contributed by atoms with van der Waals surface area (Å²) in [5.41, 5.74) is 1.14. The van der Waals surface area contributed by atoms with Gasteiger partial charge in [-0.05, 0) is 29.9 Å². The predicted octanol–water partition coefficient (Wildman–Crippen LogP) is 4.51. The van der Waals surface area contributed by atoms with Gasteiger partial charge in [0.2, 0.25) is 0 Å². The molecule has 0 fully saturated rings. The number of ether oxygens (including phenoxy) is 3. The van der Waals surface area contributed by atoms with Crippen molar-refractivity contribution in [3.63, 3.8) is 0 Å². The highest BCUT2D eigenvalue weighted by molar-refractivity contribution is 6.18. The number of benzene rings is 1. The lowest BCUT2D eigenvalue weighted by Crippen LogP contribution is -2.19. The number of rotatable bonds is 9. The Balaban J connectivity index is 3.00. The largest absolute Gasteiger partial charge is 0.497 e. The van der Waals surface area contributed by atoms with Crippen molar-refractivity contribution >= 4 is 11.6 Å². The molecule has 3 nitrogen and oxygen atoms in total. The van der Waals surface area contributed by atoms with Crippen LogP contribution in [0.3, 0.4) is 0 Å². The highest BCUT2D eigenvalue weighted by Crippen LogP contribution is 2.30. The van der Waals surface area contributed by atoms with E-state index in [0.717, 1.165) is 29.9 Å². The Morgan fingerprint density at radius 1 is 1.19 bits per heavy atom. The fourth-order valence-corrected chi connectivity index (χ4v) is 2.60. The molecule has 0 saturated heterocycles. The minimum absolute atomic E-state index is 0.246. The maximum Gasteiger partial charge on any atom is 0.199 e. The van der Waals surface area contributed by atoms with E-state index in [1.165, 1.54) is 0 Å². The number of alkyl halides is 1. The summed E-state index contributed by atoms with van der Waals surface area (Å²) in [7, 11) is 3.31. The molecule has 0 aromatic heterocycles. The maximum absolute atomic E-state index is 6.09. The second kappa shape index (κ2) is 9.16. The molecule has 0 aliphatic carbocycles. The number of halogens is 1. The topological polar surface area (TPSA) is 27.7 Å². The molecule has 0 aliphatic rings. The van der Waals surface area contributed by atoms with Gasteiger partial charge in [0, 0.05) is 25.5 Å². The first-order chi connectivity index (χ1) is 10.0. The zero-order valence-electron chi connectivity index (χ0n) is 13.7. The summed E-state index contributed by atoms with van der Waals surface area (Å²) in [4.78, 5) is 0. The quantitative estimate of drug-likeness (QED) is 0.496. The van der Waals surface area contributed by atoms with Crippen molar-refractivity contribution in [2.75, 3.05) is 20.1 Å². The van der Waals surface area contributed by atoms with Crippen LogP contribution in [0.5, 0.6) is 11.5 Å². The first-order valence-electron chi connectivity index (χ1n) is 7.47. The van der Waals surface area contributed by atoms with E-state index in [1.807, 2.05) is 19.1 Å². The highest BCUT2D eigenvalue weighted by atomic mass is 35.5. The van der Waals surface area contributed by atoms with Crippen LogP contribution >= 0.6 is 11.6 Å². The Labute approximate surface area is 133 Å². The lowest BCUT2D eigenvalue weighted by Gasteiger charge is -2.22. The molecule has 0 radical (unpaired) electrons. The van der Waals surface area contributed by atoms with Crippen molar-refractivity contribution in [2.45, 2.75) is 39.9 Å². The van der Waals surface area contributed by atoms with Crippen molar-refractivity contribution in [2.24, 2.45) is 11.8 Å². The third-order valence-corrected chi connectivity index (χ3v) is 4.15. The van der Waals surface area contributed by atoms with Gasteiger partial charge in [-0.1, -0.05) is 26.8 Å². The first-order valence-corrected chi connectivity index (χ1v) is 8.01. The molecular formula is C17H27ClO3. The first kappa shape index (κ1) is 18.1. The SMILES string of the molecule is CCC(OC)Oc1cc(OC)ccc1CC(CCl)C(C)C. The fourth-order valence-electron chi connectivity index (χ4n) is 2.13. The molecule has 2 unspecified atom stereocenters. The van der Waals surface area contributed by atoms with Gasteiger partial charge < -0.3 is 14.2 Å². The second-order valence-electron chi connectivity index (χ2n) is 5.53. The van der Waals surface area contributed by atoms with Gasteiger partial charge in [-0.3, -0.25) is 0 Å². The molecule has 0 saturated carbocycles. The van der Waals surface area contributed by atoms with E-state index in [4.69, 9.17) is 25.8 Å². The van der Waals surface area contributed by atoms with Crippen LogP contribution < -0.4 is 9.47 Å². The lowest BCUT2D eigenvalue weighted by atomic mass is 9.90. The van der Waals surface area contributed by atoms with Gasteiger partial charge in [0.05, 0.1) is 7.11 Å². The van der Waals surface area contributed by atoms with Gasteiger partial charge in [-0.2, -0.15) is 0 Å². The van der Waals surface area contributed by atoms with E-state index in [2.05, 4.69) is 19.9 Å². The molecule has 0 heterocycles. The molecule has 0 spiro atoms. The second-order valence-corrected chi connectivity index (χ2v) is 5.84. The third kappa shape index (κ3) is 5.40. The normalized spacial score (nSPS) is 14.0. The summed E-state index contributed by atoms with van der Waals surface area (Å²) in [5, 5.41) is 0. The average molecular weight is 315 g/mol. The van der Waals surface area contributed by atoms with Crippen molar-refractivity contribution in [1.29, 1.82) is 0 Å². The molecule has 120 valence electrons. The van der Waals surface area contributed by atoms with Gasteiger partial charge in [0.25, 0.3) is 0 Å². The van der Waals surface area contributed by atoms with E-state index >= 15 is 0 Å². The molecule has 0 aliphatic heterocycles. The van der Waals surface area contributed by atoms with E-state index in [1.54, 1.807) is 14.2 Å². The van der Waals surface area contributed by atoms with Crippen molar-refractivity contribution in [3.05, 3.63) is 23.8 Å². The molecule has 2 atom stereocenters. The van der Waals surface area contributed by atoms with Crippen molar-refractivity contribution in [1.82, 2.24) is 0 Å². The zero-order chi connectivity index (χ0) is 15.8. The van der Waals surface area contributed by atoms with Crippen LogP contribution in [0.15, 0.2) is 18.2 Å². The van der Waals surface area contributed by atoms with Crippen LogP contribution in [0.1, 0.15) is 32.8 Å². The Kier molecular flexibility index (Phi) is 7.91. The summed E-state index contributed by atoms with van der Waals surface area (Å²) in [6.07, 6.45) is 1.43. The van der Waals surface area contributed by atoms with Gasteiger partial charge >= 0.3 is 0 Å². The monoisotopic (exact) mass is 314 g/mol. The minimum atomic E-state index is -0.246. The van der Waals surface area contributed by atoms with Crippen molar-refractivity contribution in [3.8, 4) is 11.5 Å². The highest BCUT2D eigenvalue weighted by Gasteiger charge is 2.18. The lowest BCUT2D eigenvalue weighted by molar-refractivity contribution is -0.0555. The molecule has 1 aromatic carbocycles. The van der Waals surface area contributed by atoms with Crippen LogP contribution in [-0.2, 0) is 11.2 Å². The maximum atomic E-state index is 6.09. The summed E-state index contributed by atoms with van der Waals surface area (Å²) in [5.74, 6) is 3.20. The third-order valence-electron chi connectivity index (χ3n) is 3.75. The Morgan fingerprint density at radius 3 is 2.38 bits per heavy atom. The molecule has 0 N–H and O–H groups in total. The van der Waals surface area contributed by atoms with Crippen molar-refractivity contribution < 1.29 is 14.2 Å². The standard InChI is InChI=1S/C17H27ClO3/c1-6-17(20-5)21-16-10-15(19-4)8-7-13(16)9-14(11-18)12(2)3/h7-8,10,12,14,17H,6,9,11H2,1-5H3. The Hall–Kier alpha value is -0.930. The molecule has 21 heavy (non-hydrogen) atoms. The summed E-state index contributed by atoms with van der Waals surface area (Å²) in [6, 6.07) is 5.93. The minimum Gasteiger partial charge on any atom is -0.497 e. The molecule has 1 rings (SSSR count). The Bertz CT molecular complexity index is 416.